The molecule has 0 radical (unpaired) electrons. The molecular formula is C17H30N4O4S. The van der Waals surface area contributed by atoms with Gasteiger partial charge in [0.15, 0.2) is 0 Å². The third-order valence-electron chi connectivity index (χ3n) is 4.38. The number of rotatable bonds is 11. The first-order valence-corrected chi connectivity index (χ1v) is 10.4. The fraction of sp³-hybridized carbons (Fsp3) is 0.706. The molecule has 0 saturated carbocycles. The predicted molar refractivity (Wildman–Crippen MR) is 101 cm³/mol. The van der Waals surface area contributed by atoms with Gasteiger partial charge < -0.3 is 14.4 Å². The fourth-order valence-electron chi connectivity index (χ4n) is 2.87. The molecule has 0 aliphatic carbocycles. The normalized spacial score (nSPS) is 15.6. The lowest BCUT2D eigenvalue weighted by Crippen LogP contribution is -2.43. The summed E-state index contributed by atoms with van der Waals surface area (Å²) in [4.78, 5) is 6.68. The second-order valence-electron chi connectivity index (χ2n) is 6.28. The van der Waals surface area contributed by atoms with Crippen molar-refractivity contribution in [3.05, 3.63) is 23.9 Å². The van der Waals surface area contributed by atoms with Gasteiger partial charge in [-0.3, -0.25) is 0 Å². The van der Waals surface area contributed by atoms with Crippen molar-refractivity contribution >= 4 is 16.0 Å². The summed E-state index contributed by atoms with van der Waals surface area (Å²) in [7, 11) is -0.515. The molecule has 1 fully saturated rings. The number of anilines is 1. The number of piperidine rings is 1. The van der Waals surface area contributed by atoms with Gasteiger partial charge in [0.2, 0.25) is 0 Å². The Labute approximate surface area is 156 Å². The molecule has 1 aliphatic heterocycles. The lowest BCUT2D eigenvalue weighted by molar-refractivity contribution is 0.149. The SMILES string of the molecule is COCCN(CCOC)S(=O)(=O)NCc1ccnc(N2CCCCC2)c1. The van der Waals surface area contributed by atoms with Gasteiger partial charge in [0.05, 0.1) is 13.2 Å². The summed E-state index contributed by atoms with van der Waals surface area (Å²) < 4.78 is 39.2. The van der Waals surface area contributed by atoms with Gasteiger partial charge in [-0.15, -0.1) is 0 Å². The lowest BCUT2D eigenvalue weighted by Gasteiger charge is -2.28. The van der Waals surface area contributed by atoms with E-state index in [9.17, 15) is 8.42 Å². The van der Waals surface area contributed by atoms with Crippen LogP contribution in [0.3, 0.4) is 0 Å². The average molecular weight is 387 g/mol. The maximum Gasteiger partial charge on any atom is 0.279 e. The Kier molecular flexibility index (Phi) is 8.73. The van der Waals surface area contributed by atoms with Crippen molar-refractivity contribution in [2.24, 2.45) is 0 Å². The van der Waals surface area contributed by atoms with Crippen LogP contribution in [0, 0.1) is 0 Å². The van der Waals surface area contributed by atoms with Gasteiger partial charge >= 0.3 is 0 Å². The van der Waals surface area contributed by atoms with Crippen LogP contribution in [0.4, 0.5) is 5.82 Å². The maximum atomic E-state index is 12.6. The number of aromatic nitrogens is 1. The van der Waals surface area contributed by atoms with E-state index in [1.54, 1.807) is 20.4 Å². The first-order chi connectivity index (χ1) is 12.6. The highest BCUT2D eigenvalue weighted by atomic mass is 32.2. The zero-order valence-electron chi connectivity index (χ0n) is 15.7. The maximum absolute atomic E-state index is 12.6. The molecule has 0 amide bonds. The van der Waals surface area contributed by atoms with E-state index in [0.29, 0.717) is 13.2 Å². The largest absolute Gasteiger partial charge is 0.383 e. The molecule has 0 bridgehead atoms. The van der Waals surface area contributed by atoms with E-state index in [0.717, 1.165) is 24.5 Å². The third-order valence-corrected chi connectivity index (χ3v) is 5.93. The summed E-state index contributed by atoms with van der Waals surface area (Å²) in [5, 5.41) is 0. The van der Waals surface area contributed by atoms with Crippen LogP contribution in [-0.2, 0) is 26.2 Å². The summed E-state index contributed by atoms with van der Waals surface area (Å²) >= 11 is 0. The quantitative estimate of drug-likeness (QED) is 0.611. The minimum absolute atomic E-state index is 0.224. The number of methoxy groups -OCH3 is 2. The molecule has 1 aromatic rings. The number of ether oxygens (including phenoxy) is 2. The van der Waals surface area contributed by atoms with Crippen molar-refractivity contribution in [3.8, 4) is 0 Å². The predicted octanol–water partition coefficient (Wildman–Crippen LogP) is 1.00. The molecule has 1 aliphatic rings. The van der Waals surface area contributed by atoms with E-state index >= 15 is 0 Å². The molecule has 148 valence electrons. The number of nitrogens with zero attached hydrogens (tertiary/aromatic N) is 3. The van der Waals surface area contributed by atoms with Crippen molar-refractivity contribution in [2.75, 3.05) is 58.5 Å². The van der Waals surface area contributed by atoms with Crippen LogP contribution in [-0.4, -0.2) is 71.3 Å². The molecule has 8 nitrogen and oxygen atoms in total. The smallest absolute Gasteiger partial charge is 0.279 e. The van der Waals surface area contributed by atoms with E-state index in [2.05, 4.69) is 14.6 Å². The molecule has 0 atom stereocenters. The van der Waals surface area contributed by atoms with E-state index in [1.165, 1.54) is 23.6 Å². The van der Waals surface area contributed by atoms with Gasteiger partial charge in [-0.25, -0.2) is 4.98 Å². The lowest BCUT2D eigenvalue weighted by atomic mass is 10.1. The second-order valence-corrected chi connectivity index (χ2v) is 8.04. The molecule has 9 heteroatoms. The van der Waals surface area contributed by atoms with Crippen LogP contribution in [0.2, 0.25) is 0 Å². The van der Waals surface area contributed by atoms with Crippen LogP contribution in [0.1, 0.15) is 24.8 Å². The van der Waals surface area contributed by atoms with Crippen molar-refractivity contribution in [3.63, 3.8) is 0 Å². The number of hydrogen-bond donors (Lipinski definition) is 1. The van der Waals surface area contributed by atoms with E-state index in [-0.39, 0.29) is 19.6 Å². The zero-order valence-corrected chi connectivity index (χ0v) is 16.5. The Morgan fingerprint density at radius 2 is 1.81 bits per heavy atom. The highest BCUT2D eigenvalue weighted by Crippen LogP contribution is 2.18. The van der Waals surface area contributed by atoms with Gasteiger partial charge in [-0.2, -0.15) is 17.4 Å². The second kappa shape index (κ2) is 10.8. The molecule has 26 heavy (non-hydrogen) atoms. The number of pyridine rings is 1. The van der Waals surface area contributed by atoms with Gasteiger partial charge in [-0.05, 0) is 37.0 Å². The van der Waals surface area contributed by atoms with Crippen LogP contribution >= 0.6 is 0 Å². The number of nitrogens with one attached hydrogen (secondary N) is 1. The van der Waals surface area contributed by atoms with E-state index in [1.807, 2.05) is 12.1 Å². The van der Waals surface area contributed by atoms with Crippen LogP contribution in [0.5, 0.6) is 0 Å². The van der Waals surface area contributed by atoms with Crippen molar-refractivity contribution < 1.29 is 17.9 Å². The van der Waals surface area contributed by atoms with Crippen LogP contribution in [0.25, 0.3) is 0 Å². The van der Waals surface area contributed by atoms with Crippen molar-refractivity contribution in [2.45, 2.75) is 25.8 Å². The van der Waals surface area contributed by atoms with Gasteiger partial charge in [-0.1, -0.05) is 0 Å². The monoisotopic (exact) mass is 386 g/mol. The van der Waals surface area contributed by atoms with Gasteiger partial charge in [0, 0.05) is 53.1 Å². The minimum atomic E-state index is -3.61. The van der Waals surface area contributed by atoms with Crippen molar-refractivity contribution in [1.29, 1.82) is 0 Å². The standard InChI is InChI=1S/C17H30N4O4S/c1-24-12-10-21(11-13-25-2)26(22,23)19-15-16-6-7-18-17(14-16)20-8-4-3-5-9-20/h6-7,14,19H,3-5,8-13,15H2,1-2H3. The molecule has 2 heterocycles. The first kappa shape index (κ1) is 21.0. The molecule has 1 N–H and O–H groups in total. The van der Waals surface area contributed by atoms with Crippen molar-refractivity contribution in [1.82, 2.24) is 14.0 Å². The Bertz CT molecular complexity index is 627. The summed E-state index contributed by atoms with van der Waals surface area (Å²) in [5.74, 6) is 0.914. The Morgan fingerprint density at radius 3 is 2.42 bits per heavy atom. The highest BCUT2D eigenvalue weighted by molar-refractivity contribution is 7.87. The molecule has 2 rings (SSSR count). The summed E-state index contributed by atoms with van der Waals surface area (Å²) in [6, 6.07) is 3.80. The van der Waals surface area contributed by atoms with Gasteiger partial charge in [0.1, 0.15) is 5.82 Å². The zero-order chi connectivity index (χ0) is 18.8. The Morgan fingerprint density at radius 1 is 1.15 bits per heavy atom. The molecular weight excluding hydrogens is 356 g/mol. The minimum Gasteiger partial charge on any atom is -0.383 e. The highest BCUT2D eigenvalue weighted by Gasteiger charge is 2.21. The topological polar surface area (TPSA) is 84.0 Å². The first-order valence-electron chi connectivity index (χ1n) is 8.99. The van der Waals surface area contributed by atoms with E-state index < -0.39 is 10.2 Å². The molecule has 0 spiro atoms. The van der Waals surface area contributed by atoms with Crippen LogP contribution < -0.4 is 9.62 Å². The summed E-state index contributed by atoms with van der Waals surface area (Å²) in [5.41, 5.74) is 0.891. The van der Waals surface area contributed by atoms with Crippen LogP contribution in [0.15, 0.2) is 18.3 Å². The Hall–Kier alpha value is -1.26. The molecule has 0 unspecified atom stereocenters. The average Bonchev–Trinajstić information content (AvgIpc) is 2.67. The summed E-state index contributed by atoms with van der Waals surface area (Å²) in [6.45, 7) is 3.46. The molecule has 1 aromatic heterocycles. The summed E-state index contributed by atoms with van der Waals surface area (Å²) in [6.07, 6.45) is 5.34. The number of hydrogen-bond acceptors (Lipinski definition) is 6. The Balaban J connectivity index is 1.98. The van der Waals surface area contributed by atoms with E-state index in [4.69, 9.17) is 9.47 Å². The fourth-order valence-corrected chi connectivity index (χ4v) is 4.03. The third kappa shape index (κ3) is 6.48. The molecule has 1 saturated heterocycles. The van der Waals surface area contributed by atoms with Gasteiger partial charge in [0.25, 0.3) is 10.2 Å². The molecule has 0 aromatic carbocycles.